The Hall–Kier alpha value is -0.810. The molecule has 1 rings (SSSR count). The molecule has 18 heavy (non-hydrogen) atoms. The number of amides is 2. The van der Waals surface area contributed by atoms with Crippen molar-refractivity contribution in [2.24, 2.45) is 5.73 Å². The van der Waals surface area contributed by atoms with Crippen LogP contribution in [-0.2, 0) is 0 Å². The van der Waals surface area contributed by atoms with Gasteiger partial charge in [-0.3, -0.25) is 4.90 Å². The highest BCUT2D eigenvalue weighted by Crippen LogP contribution is 2.08. The van der Waals surface area contributed by atoms with Gasteiger partial charge in [0.2, 0.25) is 0 Å². The summed E-state index contributed by atoms with van der Waals surface area (Å²) in [7, 11) is 0. The summed E-state index contributed by atoms with van der Waals surface area (Å²) in [5, 5.41) is 2.97. The smallest absolute Gasteiger partial charge is 0.317 e. The maximum absolute atomic E-state index is 11.9. The number of piperazine rings is 1. The number of nitrogens with one attached hydrogen (secondary N) is 1. The molecule has 0 aromatic rings. The number of unbranched alkanes of at least 4 members (excludes halogenated alkanes) is 1. The summed E-state index contributed by atoms with van der Waals surface area (Å²) < 4.78 is 0. The SMILES string of the molecule is CCCCNC(=O)N1CCN(C(CC)CN)CC1. The first-order valence-electron chi connectivity index (χ1n) is 7.19. The third kappa shape index (κ3) is 4.46. The molecule has 1 heterocycles. The summed E-state index contributed by atoms with van der Waals surface area (Å²) in [6.07, 6.45) is 3.25. The van der Waals surface area contributed by atoms with E-state index in [9.17, 15) is 4.79 Å². The minimum Gasteiger partial charge on any atom is -0.338 e. The van der Waals surface area contributed by atoms with Gasteiger partial charge in [-0.1, -0.05) is 20.3 Å². The first-order valence-corrected chi connectivity index (χ1v) is 7.19. The highest BCUT2D eigenvalue weighted by molar-refractivity contribution is 5.74. The largest absolute Gasteiger partial charge is 0.338 e. The minimum atomic E-state index is 0.0869. The fourth-order valence-electron chi connectivity index (χ4n) is 2.35. The van der Waals surface area contributed by atoms with Crippen molar-refractivity contribution in [3.05, 3.63) is 0 Å². The van der Waals surface area contributed by atoms with Crippen LogP contribution < -0.4 is 11.1 Å². The van der Waals surface area contributed by atoms with Gasteiger partial charge in [0.05, 0.1) is 0 Å². The molecule has 106 valence electrons. The predicted molar refractivity (Wildman–Crippen MR) is 74.6 cm³/mol. The van der Waals surface area contributed by atoms with Gasteiger partial charge < -0.3 is 16.0 Å². The molecule has 1 fully saturated rings. The lowest BCUT2D eigenvalue weighted by molar-refractivity contribution is 0.108. The lowest BCUT2D eigenvalue weighted by atomic mass is 10.1. The fourth-order valence-corrected chi connectivity index (χ4v) is 2.35. The van der Waals surface area contributed by atoms with E-state index in [1.807, 2.05) is 4.90 Å². The van der Waals surface area contributed by atoms with Gasteiger partial charge in [0.1, 0.15) is 0 Å². The molecule has 0 spiro atoms. The maximum Gasteiger partial charge on any atom is 0.317 e. The Bertz CT molecular complexity index is 235. The molecule has 0 saturated carbocycles. The van der Waals surface area contributed by atoms with E-state index in [2.05, 4.69) is 24.1 Å². The second kappa shape index (κ2) is 8.32. The van der Waals surface area contributed by atoms with Crippen molar-refractivity contribution >= 4 is 6.03 Å². The van der Waals surface area contributed by atoms with Crippen LogP contribution in [0.4, 0.5) is 4.79 Å². The summed E-state index contributed by atoms with van der Waals surface area (Å²) in [5.41, 5.74) is 5.76. The van der Waals surface area contributed by atoms with Gasteiger partial charge in [0, 0.05) is 45.3 Å². The Morgan fingerprint density at radius 1 is 1.28 bits per heavy atom. The van der Waals surface area contributed by atoms with Gasteiger partial charge in [-0.15, -0.1) is 0 Å². The van der Waals surface area contributed by atoms with E-state index in [1.54, 1.807) is 0 Å². The first-order chi connectivity index (χ1) is 8.72. The Morgan fingerprint density at radius 2 is 1.94 bits per heavy atom. The zero-order valence-electron chi connectivity index (χ0n) is 11.8. The average molecular weight is 256 g/mol. The number of urea groups is 1. The molecule has 1 atom stereocenters. The second-order valence-corrected chi connectivity index (χ2v) is 4.91. The van der Waals surface area contributed by atoms with Gasteiger partial charge >= 0.3 is 6.03 Å². The van der Waals surface area contributed by atoms with Crippen molar-refractivity contribution < 1.29 is 4.79 Å². The van der Waals surface area contributed by atoms with Crippen LogP contribution >= 0.6 is 0 Å². The molecule has 2 amide bonds. The third-order valence-corrected chi connectivity index (χ3v) is 3.67. The lowest BCUT2D eigenvalue weighted by Gasteiger charge is -2.38. The van der Waals surface area contributed by atoms with E-state index < -0.39 is 0 Å². The van der Waals surface area contributed by atoms with Crippen molar-refractivity contribution in [2.75, 3.05) is 39.3 Å². The van der Waals surface area contributed by atoms with Crippen molar-refractivity contribution in [1.29, 1.82) is 0 Å². The zero-order chi connectivity index (χ0) is 13.4. The highest BCUT2D eigenvalue weighted by atomic mass is 16.2. The predicted octanol–water partition coefficient (Wildman–Crippen LogP) is 0.851. The highest BCUT2D eigenvalue weighted by Gasteiger charge is 2.24. The van der Waals surface area contributed by atoms with Crippen LogP contribution in [0.5, 0.6) is 0 Å². The Labute approximate surface area is 111 Å². The summed E-state index contributed by atoms with van der Waals surface area (Å²) in [6.45, 7) is 9.30. The van der Waals surface area contributed by atoms with E-state index in [0.717, 1.165) is 52.0 Å². The first kappa shape index (κ1) is 15.2. The average Bonchev–Trinajstić information content (AvgIpc) is 2.41. The van der Waals surface area contributed by atoms with Crippen molar-refractivity contribution in [1.82, 2.24) is 15.1 Å². The van der Waals surface area contributed by atoms with Gasteiger partial charge in [-0.05, 0) is 12.8 Å². The molecular formula is C13H28N4O. The summed E-state index contributed by atoms with van der Waals surface area (Å²) in [5.74, 6) is 0. The molecule has 5 nitrogen and oxygen atoms in total. The van der Waals surface area contributed by atoms with Gasteiger partial charge in [-0.2, -0.15) is 0 Å². The summed E-state index contributed by atoms with van der Waals surface area (Å²) in [4.78, 5) is 16.2. The van der Waals surface area contributed by atoms with Crippen molar-refractivity contribution in [2.45, 2.75) is 39.2 Å². The number of hydrogen-bond donors (Lipinski definition) is 2. The lowest BCUT2D eigenvalue weighted by Crippen LogP contribution is -2.55. The maximum atomic E-state index is 11.9. The van der Waals surface area contributed by atoms with Gasteiger partial charge in [0.15, 0.2) is 0 Å². The molecule has 0 aromatic heterocycles. The monoisotopic (exact) mass is 256 g/mol. The van der Waals surface area contributed by atoms with E-state index in [-0.39, 0.29) is 6.03 Å². The molecule has 0 radical (unpaired) electrons. The van der Waals surface area contributed by atoms with E-state index in [1.165, 1.54) is 0 Å². The van der Waals surface area contributed by atoms with Crippen LogP contribution in [-0.4, -0.2) is 61.1 Å². The summed E-state index contributed by atoms with van der Waals surface area (Å²) in [6, 6.07) is 0.555. The van der Waals surface area contributed by atoms with Gasteiger partial charge in [-0.25, -0.2) is 4.79 Å². The molecule has 1 aliphatic heterocycles. The van der Waals surface area contributed by atoms with E-state index >= 15 is 0 Å². The van der Waals surface area contributed by atoms with Crippen LogP contribution in [0.2, 0.25) is 0 Å². The topological polar surface area (TPSA) is 61.6 Å². The minimum absolute atomic E-state index is 0.0869. The van der Waals surface area contributed by atoms with Crippen LogP contribution in [0, 0.1) is 0 Å². The Kier molecular flexibility index (Phi) is 7.05. The molecule has 3 N–H and O–H groups in total. The molecule has 1 saturated heterocycles. The number of carbonyl (C=O) groups excluding carboxylic acids is 1. The Balaban J connectivity index is 2.27. The standard InChI is InChI=1S/C13H28N4O/c1-3-5-6-15-13(18)17-9-7-16(8-10-17)12(4-2)11-14/h12H,3-11,14H2,1-2H3,(H,15,18). The third-order valence-electron chi connectivity index (χ3n) is 3.67. The molecule has 1 aliphatic rings. The summed E-state index contributed by atoms with van der Waals surface area (Å²) >= 11 is 0. The molecular weight excluding hydrogens is 228 g/mol. The normalized spacial score (nSPS) is 18.7. The zero-order valence-corrected chi connectivity index (χ0v) is 11.8. The molecule has 5 heteroatoms. The van der Waals surface area contributed by atoms with Crippen LogP contribution in [0.3, 0.4) is 0 Å². The number of carbonyl (C=O) groups is 1. The van der Waals surface area contributed by atoms with Gasteiger partial charge in [0.25, 0.3) is 0 Å². The molecule has 0 bridgehead atoms. The van der Waals surface area contributed by atoms with Crippen LogP contribution in [0.25, 0.3) is 0 Å². The quantitative estimate of drug-likeness (QED) is 0.693. The number of nitrogens with zero attached hydrogens (tertiary/aromatic N) is 2. The van der Waals surface area contributed by atoms with Crippen molar-refractivity contribution in [3.63, 3.8) is 0 Å². The number of hydrogen-bond acceptors (Lipinski definition) is 3. The number of rotatable bonds is 6. The van der Waals surface area contributed by atoms with Crippen LogP contribution in [0.15, 0.2) is 0 Å². The molecule has 0 aliphatic carbocycles. The van der Waals surface area contributed by atoms with E-state index in [0.29, 0.717) is 12.6 Å². The van der Waals surface area contributed by atoms with Crippen molar-refractivity contribution in [3.8, 4) is 0 Å². The fraction of sp³-hybridized carbons (Fsp3) is 0.923. The molecule has 0 aromatic carbocycles. The molecule has 1 unspecified atom stereocenters. The second-order valence-electron chi connectivity index (χ2n) is 4.91. The number of nitrogens with two attached hydrogens (primary N) is 1. The Morgan fingerprint density at radius 3 is 2.44 bits per heavy atom. The van der Waals surface area contributed by atoms with Crippen LogP contribution in [0.1, 0.15) is 33.1 Å². The van der Waals surface area contributed by atoms with E-state index in [4.69, 9.17) is 5.73 Å².